The second-order valence-electron chi connectivity index (χ2n) is 6.96. The molecule has 1 aliphatic carbocycles. The van der Waals surface area contributed by atoms with Gasteiger partial charge in [0.05, 0.1) is 5.69 Å². The van der Waals surface area contributed by atoms with Gasteiger partial charge in [0, 0.05) is 44.8 Å². The fraction of sp³-hybridized carbons (Fsp3) is 0.524. The number of rotatable bonds is 11. The Morgan fingerprint density at radius 2 is 2.11 bits per heavy atom. The average Bonchev–Trinajstić information content (AvgIpc) is 3.41. The Bertz CT molecular complexity index is 741. The van der Waals surface area contributed by atoms with E-state index in [0.29, 0.717) is 18.9 Å². The molecular formula is C21H29FN4O2. The molecule has 0 saturated heterocycles. The van der Waals surface area contributed by atoms with Gasteiger partial charge in [-0.05, 0) is 56.4 Å². The maximum atomic E-state index is 13.0. The lowest BCUT2D eigenvalue weighted by molar-refractivity contribution is 0.123. The van der Waals surface area contributed by atoms with Crippen molar-refractivity contribution in [3.63, 3.8) is 0 Å². The van der Waals surface area contributed by atoms with Gasteiger partial charge in [0.25, 0.3) is 0 Å². The Labute approximate surface area is 165 Å². The first-order chi connectivity index (χ1) is 13.7. The number of ether oxygens (including phenoxy) is 1. The van der Waals surface area contributed by atoms with E-state index in [0.717, 1.165) is 55.9 Å². The summed E-state index contributed by atoms with van der Waals surface area (Å²) in [5.74, 6) is 1.83. The molecule has 6 nitrogen and oxygen atoms in total. The van der Waals surface area contributed by atoms with Crippen LogP contribution < -0.4 is 10.6 Å². The lowest BCUT2D eigenvalue weighted by Gasteiger charge is -2.10. The fourth-order valence-corrected chi connectivity index (χ4v) is 2.69. The normalized spacial score (nSPS) is 14.3. The monoisotopic (exact) mass is 388 g/mol. The van der Waals surface area contributed by atoms with E-state index in [1.165, 1.54) is 25.0 Å². The van der Waals surface area contributed by atoms with Crippen LogP contribution >= 0.6 is 0 Å². The minimum absolute atomic E-state index is 0.274. The quantitative estimate of drug-likeness (QED) is 0.351. The van der Waals surface area contributed by atoms with Crippen molar-refractivity contribution in [2.75, 3.05) is 32.8 Å². The highest BCUT2D eigenvalue weighted by Gasteiger charge is 2.20. The van der Waals surface area contributed by atoms with Crippen molar-refractivity contribution in [2.24, 2.45) is 10.9 Å². The lowest BCUT2D eigenvalue weighted by Crippen LogP contribution is -2.38. The fourth-order valence-electron chi connectivity index (χ4n) is 2.69. The molecule has 0 radical (unpaired) electrons. The summed E-state index contributed by atoms with van der Waals surface area (Å²) in [6.07, 6.45) is 5.92. The number of oxazole rings is 1. The summed E-state index contributed by atoms with van der Waals surface area (Å²) in [7, 11) is 0. The maximum Gasteiger partial charge on any atom is 0.226 e. The zero-order valence-electron chi connectivity index (χ0n) is 16.4. The first kappa shape index (κ1) is 20.3. The molecular weight excluding hydrogens is 359 g/mol. The topological polar surface area (TPSA) is 71.7 Å². The number of hydrogen-bond acceptors (Lipinski definition) is 4. The number of nitrogens with one attached hydrogen (secondary N) is 2. The lowest BCUT2D eigenvalue weighted by atomic mass is 10.2. The van der Waals surface area contributed by atoms with Crippen LogP contribution in [0.3, 0.4) is 0 Å². The third-order valence-electron chi connectivity index (χ3n) is 4.43. The first-order valence-corrected chi connectivity index (χ1v) is 10.0. The predicted octanol–water partition coefficient (Wildman–Crippen LogP) is 3.40. The molecule has 0 aliphatic heterocycles. The third-order valence-corrected chi connectivity index (χ3v) is 4.43. The highest BCUT2D eigenvalue weighted by molar-refractivity contribution is 5.79. The Morgan fingerprint density at radius 3 is 2.86 bits per heavy atom. The molecule has 1 saturated carbocycles. The summed E-state index contributed by atoms with van der Waals surface area (Å²) in [6.45, 7) is 5.95. The van der Waals surface area contributed by atoms with E-state index >= 15 is 0 Å². The zero-order valence-corrected chi connectivity index (χ0v) is 16.4. The predicted molar refractivity (Wildman–Crippen MR) is 108 cm³/mol. The Hall–Kier alpha value is -2.41. The summed E-state index contributed by atoms with van der Waals surface area (Å²) >= 11 is 0. The number of guanidine groups is 1. The van der Waals surface area contributed by atoms with Crippen molar-refractivity contribution in [3.05, 3.63) is 42.0 Å². The van der Waals surface area contributed by atoms with Gasteiger partial charge in [0.1, 0.15) is 12.1 Å². The van der Waals surface area contributed by atoms with Gasteiger partial charge in [-0.15, -0.1) is 0 Å². The molecule has 2 N–H and O–H groups in total. The highest BCUT2D eigenvalue weighted by atomic mass is 19.1. The van der Waals surface area contributed by atoms with Gasteiger partial charge >= 0.3 is 0 Å². The molecule has 1 aromatic carbocycles. The summed E-state index contributed by atoms with van der Waals surface area (Å²) in [4.78, 5) is 9.04. The second-order valence-corrected chi connectivity index (χ2v) is 6.96. The number of aliphatic imine (C=N–C) groups is 1. The number of nitrogens with zero attached hydrogens (tertiary/aromatic N) is 2. The van der Waals surface area contributed by atoms with Gasteiger partial charge < -0.3 is 19.8 Å². The molecule has 1 aliphatic rings. The van der Waals surface area contributed by atoms with Crippen LogP contribution in [0.5, 0.6) is 0 Å². The van der Waals surface area contributed by atoms with Crippen molar-refractivity contribution in [1.29, 1.82) is 0 Å². The first-order valence-electron chi connectivity index (χ1n) is 10.0. The minimum Gasteiger partial charge on any atom is -0.444 e. The average molecular weight is 388 g/mol. The van der Waals surface area contributed by atoms with E-state index in [1.807, 2.05) is 6.92 Å². The van der Waals surface area contributed by atoms with Gasteiger partial charge in [0.2, 0.25) is 5.89 Å². The maximum absolute atomic E-state index is 13.0. The summed E-state index contributed by atoms with van der Waals surface area (Å²) < 4.78 is 24.1. The minimum atomic E-state index is -0.274. The molecule has 0 unspecified atom stereocenters. The Balaban J connectivity index is 1.38. The summed E-state index contributed by atoms with van der Waals surface area (Å²) in [6, 6.07) is 6.12. The molecule has 1 fully saturated rings. The second kappa shape index (κ2) is 10.8. The van der Waals surface area contributed by atoms with Gasteiger partial charge in [0.15, 0.2) is 5.96 Å². The van der Waals surface area contributed by atoms with Crippen molar-refractivity contribution < 1.29 is 13.5 Å². The molecule has 28 heavy (non-hydrogen) atoms. The Kier molecular flexibility index (Phi) is 7.84. The van der Waals surface area contributed by atoms with E-state index in [1.54, 1.807) is 18.4 Å². The van der Waals surface area contributed by atoms with Crippen molar-refractivity contribution >= 4 is 5.96 Å². The van der Waals surface area contributed by atoms with Gasteiger partial charge in [-0.1, -0.05) is 0 Å². The standard InChI is InChI=1S/C21H29FN4O2/c1-2-23-21(24-11-3-13-27-14-16-4-5-16)25-12-10-19-15-28-20(26-19)17-6-8-18(22)9-7-17/h6-9,15-16H,2-5,10-14H2,1H3,(H2,23,24,25). The molecule has 0 bridgehead atoms. The largest absolute Gasteiger partial charge is 0.444 e. The molecule has 0 atom stereocenters. The van der Waals surface area contributed by atoms with Crippen LogP contribution in [-0.2, 0) is 11.2 Å². The van der Waals surface area contributed by atoms with Crippen LogP contribution in [-0.4, -0.2) is 43.8 Å². The van der Waals surface area contributed by atoms with Gasteiger partial charge in [-0.2, -0.15) is 0 Å². The van der Waals surface area contributed by atoms with Crippen LogP contribution in [0.4, 0.5) is 4.39 Å². The molecule has 7 heteroatoms. The molecule has 152 valence electrons. The van der Waals surface area contributed by atoms with Crippen LogP contribution in [0.15, 0.2) is 39.9 Å². The third kappa shape index (κ3) is 6.96. The van der Waals surface area contributed by atoms with Crippen LogP contribution in [0.25, 0.3) is 11.5 Å². The van der Waals surface area contributed by atoms with E-state index in [2.05, 4.69) is 20.6 Å². The van der Waals surface area contributed by atoms with E-state index < -0.39 is 0 Å². The molecule has 2 aromatic rings. The van der Waals surface area contributed by atoms with Crippen molar-refractivity contribution in [1.82, 2.24) is 15.6 Å². The number of hydrogen-bond donors (Lipinski definition) is 2. The van der Waals surface area contributed by atoms with E-state index in [9.17, 15) is 4.39 Å². The molecule has 0 amide bonds. The molecule has 0 spiro atoms. The molecule has 1 aromatic heterocycles. The molecule has 3 rings (SSSR count). The summed E-state index contributed by atoms with van der Waals surface area (Å²) in [5, 5.41) is 6.55. The van der Waals surface area contributed by atoms with Gasteiger partial charge in [-0.3, -0.25) is 4.99 Å². The number of halogens is 1. The van der Waals surface area contributed by atoms with Crippen LogP contribution in [0, 0.1) is 11.7 Å². The highest BCUT2D eigenvalue weighted by Crippen LogP contribution is 2.28. The van der Waals surface area contributed by atoms with Crippen molar-refractivity contribution in [3.8, 4) is 11.5 Å². The SMILES string of the molecule is CCNC(=NCCCOCC1CC1)NCCc1coc(-c2ccc(F)cc2)n1. The van der Waals surface area contributed by atoms with Crippen molar-refractivity contribution in [2.45, 2.75) is 32.6 Å². The van der Waals surface area contributed by atoms with Crippen LogP contribution in [0.2, 0.25) is 0 Å². The summed E-state index contributed by atoms with van der Waals surface area (Å²) in [5.41, 5.74) is 1.61. The van der Waals surface area contributed by atoms with E-state index in [-0.39, 0.29) is 5.82 Å². The zero-order chi connectivity index (χ0) is 19.6. The molecule has 1 heterocycles. The number of benzene rings is 1. The van der Waals surface area contributed by atoms with E-state index in [4.69, 9.17) is 9.15 Å². The number of aromatic nitrogens is 1. The van der Waals surface area contributed by atoms with Gasteiger partial charge in [-0.25, -0.2) is 9.37 Å². The smallest absolute Gasteiger partial charge is 0.226 e. The Morgan fingerprint density at radius 1 is 1.29 bits per heavy atom. The van der Waals surface area contributed by atoms with Crippen LogP contribution in [0.1, 0.15) is 31.9 Å².